The molecule has 0 radical (unpaired) electrons. The summed E-state index contributed by atoms with van der Waals surface area (Å²) in [5.41, 5.74) is -0.0202. The van der Waals surface area contributed by atoms with E-state index in [9.17, 15) is 22.4 Å². The molecule has 1 amide bonds. The zero-order valence-electron chi connectivity index (χ0n) is 9.95. The summed E-state index contributed by atoms with van der Waals surface area (Å²) in [6, 6.07) is 1.87. The number of carbonyl (C=O) groups is 1. The maximum Gasteiger partial charge on any atom is 0.471 e. The van der Waals surface area contributed by atoms with Gasteiger partial charge in [0, 0.05) is 5.69 Å². The number of aryl methyl sites for hydroxylation is 1. The van der Waals surface area contributed by atoms with Gasteiger partial charge in [-0.1, -0.05) is 25.4 Å². The van der Waals surface area contributed by atoms with E-state index >= 15 is 0 Å². The Balaban J connectivity index is 0.00000137. The van der Waals surface area contributed by atoms with Gasteiger partial charge in [0.2, 0.25) is 0 Å². The maximum atomic E-state index is 12.9. The fourth-order valence-electron chi connectivity index (χ4n) is 0.974. The van der Waals surface area contributed by atoms with Crippen molar-refractivity contribution in [1.29, 1.82) is 0 Å². The second-order valence-corrected chi connectivity index (χ2v) is 3.44. The normalized spacial score (nSPS) is 10.4. The second kappa shape index (κ2) is 6.58. The van der Waals surface area contributed by atoms with Gasteiger partial charge in [-0.3, -0.25) is 4.79 Å². The minimum atomic E-state index is -4.99. The van der Waals surface area contributed by atoms with Crippen LogP contribution in [0.2, 0.25) is 5.02 Å². The molecule has 0 spiro atoms. The molecule has 0 aromatic heterocycles. The number of rotatable bonds is 1. The monoisotopic (exact) mass is 285 g/mol. The molecule has 0 unspecified atom stereocenters. The predicted octanol–water partition coefficient (Wildman–Crippen LogP) is 4.31. The summed E-state index contributed by atoms with van der Waals surface area (Å²) < 4.78 is 48.6. The molecule has 0 atom stereocenters. The number of nitrogens with one attached hydrogen (secondary N) is 1. The molecule has 0 bridgehead atoms. The highest BCUT2D eigenvalue weighted by Crippen LogP contribution is 2.25. The third kappa shape index (κ3) is 4.52. The van der Waals surface area contributed by atoms with Gasteiger partial charge in [-0.05, 0) is 24.6 Å². The topological polar surface area (TPSA) is 29.1 Å². The van der Waals surface area contributed by atoms with E-state index in [2.05, 4.69) is 0 Å². The average Bonchev–Trinajstić information content (AvgIpc) is 2.27. The third-order valence-corrected chi connectivity index (χ3v) is 2.06. The zero-order chi connectivity index (χ0) is 14.5. The van der Waals surface area contributed by atoms with Gasteiger partial charge >= 0.3 is 12.1 Å². The first-order chi connectivity index (χ1) is 8.21. The lowest BCUT2D eigenvalue weighted by atomic mass is 10.2. The molecule has 1 aromatic rings. The lowest BCUT2D eigenvalue weighted by Gasteiger charge is -2.10. The van der Waals surface area contributed by atoms with Crippen molar-refractivity contribution in [2.45, 2.75) is 26.9 Å². The van der Waals surface area contributed by atoms with Crippen LogP contribution in [-0.4, -0.2) is 12.1 Å². The molecule has 1 rings (SSSR count). The standard InChI is InChI=1S/C9H6ClF4NO.C2H6/c1-4-2-6(11)5(10)3-7(4)15-8(16)9(12,13)14;1-2/h2-3H,1H3,(H,15,16);1-2H3. The quantitative estimate of drug-likeness (QED) is 0.765. The Bertz CT molecular complexity index is 432. The van der Waals surface area contributed by atoms with Crippen molar-refractivity contribution < 1.29 is 22.4 Å². The summed E-state index contributed by atoms with van der Waals surface area (Å²) in [4.78, 5) is 10.6. The van der Waals surface area contributed by atoms with Crippen molar-refractivity contribution in [2.75, 3.05) is 5.32 Å². The first-order valence-corrected chi connectivity index (χ1v) is 5.43. The van der Waals surface area contributed by atoms with Crippen LogP contribution in [0.5, 0.6) is 0 Å². The molecule has 0 fully saturated rings. The Labute approximate surface area is 107 Å². The minimum absolute atomic E-state index is 0.152. The van der Waals surface area contributed by atoms with Gasteiger partial charge in [-0.2, -0.15) is 13.2 Å². The third-order valence-electron chi connectivity index (χ3n) is 1.77. The van der Waals surface area contributed by atoms with Crippen LogP contribution in [0.25, 0.3) is 0 Å². The molecule has 2 nitrogen and oxygen atoms in total. The number of amides is 1. The molecule has 102 valence electrons. The number of halogens is 5. The molecular weight excluding hydrogens is 274 g/mol. The Morgan fingerprint density at radius 3 is 2.22 bits per heavy atom. The molecule has 0 aliphatic heterocycles. The van der Waals surface area contributed by atoms with E-state index in [1.807, 2.05) is 13.8 Å². The molecule has 0 aliphatic rings. The van der Waals surface area contributed by atoms with Crippen LogP contribution in [0.4, 0.5) is 23.2 Å². The number of hydrogen-bond donors (Lipinski definition) is 1. The highest BCUT2D eigenvalue weighted by Gasteiger charge is 2.38. The number of alkyl halides is 3. The van der Waals surface area contributed by atoms with Gasteiger partial charge in [-0.15, -0.1) is 0 Å². The molecule has 1 N–H and O–H groups in total. The Morgan fingerprint density at radius 2 is 1.78 bits per heavy atom. The molecule has 18 heavy (non-hydrogen) atoms. The van der Waals surface area contributed by atoms with E-state index in [1.165, 1.54) is 6.92 Å². The van der Waals surface area contributed by atoms with Gasteiger partial charge in [-0.25, -0.2) is 4.39 Å². The van der Waals surface area contributed by atoms with Crippen molar-refractivity contribution in [3.05, 3.63) is 28.5 Å². The highest BCUT2D eigenvalue weighted by atomic mass is 35.5. The lowest BCUT2D eigenvalue weighted by molar-refractivity contribution is -0.167. The van der Waals surface area contributed by atoms with E-state index in [1.54, 1.807) is 5.32 Å². The van der Waals surface area contributed by atoms with Gasteiger partial charge < -0.3 is 5.32 Å². The molecule has 0 aliphatic carbocycles. The first kappa shape index (κ1) is 16.7. The molecule has 0 saturated heterocycles. The van der Waals surface area contributed by atoms with E-state index in [-0.39, 0.29) is 16.3 Å². The van der Waals surface area contributed by atoms with E-state index in [4.69, 9.17) is 11.6 Å². The minimum Gasteiger partial charge on any atom is -0.318 e. The van der Waals surface area contributed by atoms with Gasteiger partial charge in [0.05, 0.1) is 5.02 Å². The van der Waals surface area contributed by atoms with Gasteiger partial charge in [0.15, 0.2) is 0 Å². The lowest BCUT2D eigenvalue weighted by Crippen LogP contribution is -2.30. The van der Waals surface area contributed by atoms with E-state index < -0.39 is 17.9 Å². The van der Waals surface area contributed by atoms with Crippen molar-refractivity contribution in [3.63, 3.8) is 0 Å². The summed E-state index contributed by atoms with van der Waals surface area (Å²) in [7, 11) is 0. The van der Waals surface area contributed by atoms with E-state index in [0.717, 1.165) is 12.1 Å². The number of anilines is 1. The fraction of sp³-hybridized carbons (Fsp3) is 0.364. The summed E-state index contributed by atoms with van der Waals surface area (Å²) in [5, 5.41) is 1.24. The Kier molecular flexibility index (Phi) is 6.11. The molecule has 1 aromatic carbocycles. The summed E-state index contributed by atoms with van der Waals surface area (Å²) in [6.45, 7) is 5.35. The van der Waals surface area contributed by atoms with Crippen LogP contribution >= 0.6 is 11.6 Å². The average molecular weight is 286 g/mol. The first-order valence-electron chi connectivity index (χ1n) is 5.05. The Hall–Kier alpha value is -1.30. The van der Waals surface area contributed by atoms with Gasteiger partial charge in [0.25, 0.3) is 0 Å². The number of hydrogen-bond acceptors (Lipinski definition) is 1. The summed E-state index contributed by atoms with van der Waals surface area (Å²) >= 11 is 5.38. The van der Waals surface area contributed by atoms with Crippen LogP contribution in [0.1, 0.15) is 19.4 Å². The largest absolute Gasteiger partial charge is 0.471 e. The van der Waals surface area contributed by atoms with Crippen LogP contribution in [0.3, 0.4) is 0 Å². The van der Waals surface area contributed by atoms with Crippen molar-refractivity contribution in [1.82, 2.24) is 0 Å². The Morgan fingerprint density at radius 1 is 1.28 bits per heavy atom. The smallest absolute Gasteiger partial charge is 0.318 e. The molecule has 7 heteroatoms. The van der Waals surface area contributed by atoms with Gasteiger partial charge in [0.1, 0.15) is 5.82 Å². The SMILES string of the molecule is CC.Cc1cc(F)c(Cl)cc1NC(=O)C(F)(F)F. The maximum absolute atomic E-state index is 12.9. The molecule has 0 heterocycles. The van der Waals surface area contributed by atoms with E-state index in [0.29, 0.717) is 0 Å². The molecule has 0 saturated carbocycles. The summed E-state index contributed by atoms with van der Waals surface area (Å²) in [6.07, 6.45) is -4.99. The molecular formula is C11H12ClF4NO. The zero-order valence-corrected chi connectivity index (χ0v) is 10.7. The summed E-state index contributed by atoms with van der Waals surface area (Å²) in [5.74, 6) is -2.89. The van der Waals surface area contributed by atoms with Crippen molar-refractivity contribution in [3.8, 4) is 0 Å². The predicted molar refractivity (Wildman–Crippen MR) is 62.2 cm³/mol. The number of benzene rings is 1. The van der Waals surface area contributed by atoms with Crippen LogP contribution in [-0.2, 0) is 4.79 Å². The van der Waals surface area contributed by atoms with Crippen molar-refractivity contribution >= 4 is 23.2 Å². The second-order valence-electron chi connectivity index (χ2n) is 3.03. The van der Waals surface area contributed by atoms with Crippen molar-refractivity contribution in [2.24, 2.45) is 0 Å². The highest BCUT2D eigenvalue weighted by molar-refractivity contribution is 6.31. The van der Waals surface area contributed by atoms with Crippen LogP contribution in [0, 0.1) is 12.7 Å². The van der Waals surface area contributed by atoms with Crippen LogP contribution in [0.15, 0.2) is 12.1 Å². The number of carbonyl (C=O) groups excluding carboxylic acids is 1. The fourth-order valence-corrected chi connectivity index (χ4v) is 1.14. The van der Waals surface area contributed by atoms with Crippen LogP contribution < -0.4 is 5.32 Å².